The topological polar surface area (TPSA) is 36.4 Å². The highest BCUT2D eigenvalue weighted by atomic mass is 16.3. The molecule has 0 aliphatic carbocycles. The van der Waals surface area contributed by atoms with E-state index in [0.29, 0.717) is 11.8 Å². The molecule has 0 saturated carbocycles. The van der Waals surface area contributed by atoms with Crippen LogP contribution in [0.3, 0.4) is 0 Å². The van der Waals surface area contributed by atoms with E-state index in [1.807, 2.05) is 19.2 Å². The highest BCUT2D eigenvalue weighted by Crippen LogP contribution is 2.32. The van der Waals surface area contributed by atoms with Gasteiger partial charge < -0.3 is 10.0 Å². The lowest BCUT2D eigenvalue weighted by atomic mass is 9.93. The van der Waals surface area contributed by atoms with Crippen LogP contribution in [0.15, 0.2) is 18.3 Å². The van der Waals surface area contributed by atoms with Crippen LogP contribution in [0.1, 0.15) is 45.4 Å². The van der Waals surface area contributed by atoms with Gasteiger partial charge in [0.15, 0.2) is 0 Å². The van der Waals surface area contributed by atoms with Gasteiger partial charge >= 0.3 is 0 Å². The zero-order valence-corrected chi connectivity index (χ0v) is 11.0. The van der Waals surface area contributed by atoms with Crippen LogP contribution < -0.4 is 4.90 Å². The largest absolute Gasteiger partial charge is 0.387 e. The Morgan fingerprint density at radius 3 is 2.71 bits per heavy atom. The second kappa shape index (κ2) is 4.65. The molecule has 1 unspecified atom stereocenters. The van der Waals surface area contributed by atoms with Gasteiger partial charge in [-0.15, -0.1) is 0 Å². The third-order valence-electron chi connectivity index (χ3n) is 3.54. The molecular weight excluding hydrogens is 212 g/mol. The first kappa shape index (κ1) is 12.4. The Morgan fingerprint density at radius 2 is 2.24 bits per heavy atom. The Bertz CT molecular complexity index is 372. The number of hydrogen-bond donors (Lipinski definition) is 1. The van der Waals surface area contributed by atoms with Crippen molar-refractivity contribution in [2.24, 2.45) is 5.41 Å². The second-order valence-electron chi connectivity index (χ2n) is 5.70. The van der Waals surface area contributed by atoms with E-state index < -0.39 is 6.10 Å². The van der Waals surface area contributed by atoms with Crippen molar-refractivity contribution in [1.29, 1.82) is 0 Å². The van der Waals surface area contributed by atoms with Crippen LogP contribution >= 0.6 is 0 Å². The average molecular weight is 234 g/mol. The van der Waals surface area contributed by atoms with Crippen molar-refractivity contribution in [2.45, 2.75) is 39.7 Å². The van der Waals surface area contributed by atoms with Gasteiger partial charge in [-0.05, 0) is 30.4 Å². The van der Waals surface area contributed by atoms with E-state index in [4.69, 9.17) is 0 Å². The lowest BCUT2D eigenvalue weighted by Crippen LogP contribution is -2.22. The van der Waals surface area contributed by atoms with Crippen molar-refractivity contribution < 1.29 is 5.11 Å². The molecule has 0 spiro atoms. The lowest BCUT2D eigenvalue weighted by Gasteiger charge is -2.21. The monoisotopic (exact) mass is 234 g/mol. The predicted molar refractivity (Wildman–Crippen MR) is 70.1 cm³/mol. The molecule has 3 nitrogen and oxygen atoms in total. The van der Waals surface area contributed by atoms with Gasteiger partial charge in [-0.1, -0.05) is 20.8 Å². The van der Waals surface area contributed by atoms with E-state index >= 15 is 0 Å². The second-order valence-corrected chi connectivity index (χ2v) is 5.70. The summed E-state index contributed by atoms with van der Waals surface area (Å²) in [5.41, 5.74) is 2.35. The van der Waals surface area contributed by atoms with Crippen LogP contribution in [0.5, 0.6) is 0 Å². The normalized spacial score (nSPS) is 20.6. The van der Waals surface area contributed by atoms with Crippen LogP contribution in [0.2, 0.25) is 0 Å². The molecular formula is C14H22N2O. The first-order valence-electron chi connectivity index (χ1n) is 6.41. The maximum Gasteiger partial charge on any atom is 0.0957 e. The van der Waals surface area contributed by atoms with E-state index in [2.05, 4.69) is 29.8 Å². The number of aromatic nitrogens is 1. The van der Waals surface area contributed by atoms with Crippen LogP contribution in [0.4, 0.5) is 5.69 Å². The van der Waals surface area contributed by atoms with Crippen molar-refractivity contribution in [3.8, 4) is 0 Å². The smallest absolute Gasteiger partial charge is 0.0957 e. The molecule has 2 heterocycles. The fraction of sp³-hybridized carbons (Fsp3) is 0.643. The molecule has 1 saturated heterocycles. The summed E-state index contributed by atoms with van der Waals surface area (Å²) in [6, 6.07) is 4.01. The Labute approximate surface area is 103 Å². The Morgan fingerprint density at radius 1 is 1.47 bits per heavy atom. The highest BCUT2D eigenvalue weighted by Gasteiger charge is 2.29. The molecule has 1 aromatic heterocycles. The summed E-state index contributed by atoms with van der Waals surface area (Å²) < 4.78 is 0. The standard InChI is InChI=1S/C14H22N2O/c1-4-13(17)12-6-5-11(9-15-12)16-8-7-14(2,3)10-16/h5-6,9,13,17H,4,7-8,10H2,1-3H3. The SMILES string of the molecule is CCC(O)c1ccc(N2CCC(C)(C)C2)cn1. The van der Waals surface area contributed by atoms with Gasteiger partial charge in [0.25, 0.3) is 0 Å². The molecule has 3 heteroatoms. The summed E-state index contributed by atoms with van der Waals surface area (Å²) in [7, 11) is 0. The summed E-state index contributed by atoms with van der Waals surface area (Å²) in [6.45, 7) is 8.75. The van der Waals surface area contributed by atoms with Gasteiger partial charge in [0.1, 0.15) is 0 Å². The van der Waals surface area contributed by atoms with Crippen LogP contribution in [-0.4, -0.2) is 23.2 Å². The zero-order chi connectivity index (χ0) is 12.5. The number of aliphatic hydroxyl groups excluding tert-OH is 1. The third kappa shape index (κ3) is 2.78. The van der Waals surface area contributed by atoms with Gasteiger partial charge in [-0.25, -0.2) is 0 Å². The van der Waals surface area contributed by atoms with Crippen molar-refractivity contribution in [2.75, 3.05) is 18.0 Å². The molecule has 1 N–H and O–H groups in total. The molecule has 1 aliphatic rings. The van der Waals surface area contributed by atoms with Gasteiger partial charge in [-0.2, -0.15) is 0 Å². The van der Waals surface area contributed by atoms with E-state index in [0.717, 1.165) is 18.8 Å². The zero-order valence-electron chi connectivity index (χ0n) is 11.0. The van der Waals surface area contributed by atoms with Crippen molar-refractivity contribution in [1.82, 2.24) is 4.98 Å². The molecule has 2 rings (SSSR count). The van der Waals surface area contributed by atoms with Crippen molar-refractivity contribution in [3.63, 3.8) is 0 Å². The Balaban J connectivity index is 2.09. The molecule has 17 heavy (non-hydrogen) atoms. The van der Waals surface area contributed by atoms with Gasteiger partial charge in [0.2, 0.25) is 0 Å². The van der Waals surface area contributed by atoms with E-state index in [1.54, 1.807) is 0 Å². The number of pyridine rings is 1. The van der Waals surface area contributed by atoms with Crippen molar-refractivity contribution in [3.05, 3.63) is 24.0 Å². The van der Waals surface area contributed by atoms with Crippen LogP contribution in [0.25, 0.3) is 0 Å². The maximum absolute atomic E-state index is 9.69. The lowest BCUT2D eigenvalue weighted by molar-refractivity contribution is 0.169. The molecule has 1 aliphatic heterocycles. The van der Waals surface area contributed by atoms with E-state index in [9.17, 15) is 5.11 Å². The average Bonchev–Trinajstić information content (AvgIpc) is 2.69. The fourth-order valence-corrected chi connectivity index (χ4v) is 2.32. The molecule has 0 amide bonds. The van der Waals surface area contributed by atoms with Gasteiger partial charge in [0.05, 0.1) is 23.7 Å². The number of nitrogens with zero attached hydrogens (tertiary/aromatic N) is 2. The molecule has 1 fully saturated rings. The summed E-state index contributed by atoms with van der Waals surface area (Å²) in [5, 5.41) is 9.69. The molecule has 0 bridgehead atoms. The van der Waals surface area contributed by atoms with E-state index in [1.165, 1.54) is 12.1 Å². The first-order chi connectivity index (χ1) is 8.02. The first-order valence-corrected chi connectivity index (χ1v) is 6.41. The molecule has 94 valence electrons. The Kier molecular flexibility index (Phi) is 3.38. The van der Waals surface area contributed by atoms with E-state index in [-0.39, 0.29) is 0 Å². The maximum atomic E-state index is 9.69. The highest BCUT2D eigenvalue weighted by molar-refractivity contribution is 5.46. The summed E-state index contributed by atoms with van der Waals surface area (Å²) in [5.74, 6) is 0. The quantitative estimate of drug-likeness (QED) is 0.873. The minimum atomic E-state index is -0.431. The third-order valence-corrected chi connectivity index (χ3v) is 3.54. The van der Waals surface area contributed by atoms with Crippen molar-refractivity contribution >= 4 is 5.69 Å². The number of aliphatic hydroxyl groups is 1. The molecule has 0 aromatic carbocycles. The van der Waals surface area contributed by atoms with Gasteiger partial charge in [-0.3, -0.25) is 4.98 Å². The molecule has 0 radical (unpaired) electrons. The number of anilines is 1. The summed E-state index contributed by atoms with van der Waals surface area (Å²) >= 11 is 0. The van der Waals surface area contributed by atoms with Crippen LogP contribution in [-0.2, 0) is 0 Å². The minimum Gasteiger partial charge on any atom is -0.387 e. The minimum absolute atomic E-state index is 0.404. The van der Waals surface area contributed by atoms with Crippen LogP contribution in [0, 0.1) is 5.41 Å². The fourth-order valence-electron chi connectivity index (χ4n) is 2.32. The number of rotatable bonds is 3. The summed E-state index contributed by atoms with van der Waals surface area (Å²) in [4.78, 5) is 6.72. The Hall–Kier alpha value is -1.09. The number of hydrogen-bond acceptors (Lipinski definition) is 3. The molecule has 1 aromatic rings. The predicted octanol–water partition coefficient (Wildman–Crippen LogP) is 2.76. The van der Waals surface area contributed by atoms with Gasteiger partial charge in [0, 0.05) is 13.1 Å². The molecule has 1 atom stereocenters. The summed E-state index contributed by atoms with van der Waals surface area (Å²) in [6.07, 6.45) is 3.39.